The SMILES string of the molecule is CC(C)C(CCO)NCc1ccc(C(=O)O)cn1. The molecule has 0 saturated carbocycles. The van der Waals surface area contributed by atoms with Crippen molar-refractivity contribution < 1.29 is 15.0 Å². The molecule has 1 heterocycles. The highest BCUT2D eigenvalue weighted by atomic mass is 16.4. The average molecular weight is 252 g/mol. The highest BCUT2D eigenvalue weighted by molar-refractivity contribution is 5.87. The van der Waals surface area contributed by atoms with E-state index in [9.17, 15) is 4.79 Å². The number of hydrogen-bond acceptors (Lipinski definition) is 4. The van der Waals surface area contributed by atoms with Crippen LogP contribution >= 0.6 is 0 Å². The normalized spacial score (nSPS) is 12.7. The Morgan fingerprint density at radius 3 is 2.61 bits per heavy atom. The fourth-order valence-electron chi connectivity index (χ4n) is 1.70. The molecule has 0 aliphatic carbocycles. The van der Waals surface area contributed by atoms with E-state index in [0.717, 1.165) is 5.69 Å². The molecule has 1 atom stereocenters. The van der Waals surface area contributed by atoms with Gasteiger partial charge in [-0.1, -0.05) is 13.8 Å². The smallest absolute Gasteiger partial charge is 0.337 e. The van der Waals surface area contributed by atoms with E-state index in [1.165, 1.54) is 6.20 Å². The maximum atomic E-state index is 10.7. The van der Waals surface area contributed by atoms with Crippen molar-refractivity contribution in [3.05, 3.63) is 29.6 Å². The molecule has 1 rings (SSSR count). The fourth-order valence-corrected chi connectivity index (χ4v) is 1.70. The van der Waals surface area contributed by atoms with E-state index in [1.54, 1.807) is 12.1 Å². The zero-order valence-corrected chi connectivity index (χ0v) is 10.8. The summed E-state index contributed by atoms with van der Waals surface area (Å²) in [6, 6.07) is 3.48. The second kappa shape index (κ2) is 7.08. The first-order chi connectivity index (χ1) is 8.54. The Labute approximate surface area is 107 Å². The van der Waals surface area contributed by atoms with Crippen LogP contribution < -0.4 is 5.32 Å². The molecule has 0 spiro atoms. The van der Waals surface area contributed by atoms with Crippen LogP contribution in [0.3, 0.4) is 0 Å². The lowest BCUT2D eigenvalue weighted by Crippen LogP contribution is -2.34. The molecule has 0 aliphatic rings. The van der Waals surface area contributed by atoms with Crippen LogP contribution in [0, 0.1) is 5.92 Å². The lowest BCUT2D eigenvalue weighted by molar-refractivity contribution is 0.0696. The predicted octanol–water partition coefficient (Wildman–Crippen LogP) is 1.28. The van der Waals surface area contributed by atoms with Crippen molar-refractivity contribution in [2.24, 2.45) is 5.92 Å². The van der Waals surface area contributed by atoms with Gasteiger partial charge >= 0.3 is 5.97 Å². The van der Waals surface area contributed by atoms with Gasteiger partial charge in [0.1, 0.15) is 0 Å². The highest BCUT2D eigenvalue weighted by Crippen LogP contribution is 2.07. The highest BCUT2D eigenvalue weighted by Gasteiger charge is 2.12. The summed E-state index contributed by atoms with van der Waals surface area (Å²) in [5, 5.41) is 21.0. The molecular formula is C13H20N2O3. The van der Waals surface area contributed by atoms with E-state index in [2.05, 4.69) is 24.1 Å². The summed E-state index contributed by atoms with van der Waals surface area (Å²) in [7, 11) is 0. The van der Waals surface area contributed by atoms with Gasteiger partial charge in [-0.25, -0.2) is 4.79 Å². The molecule has 1 aromatic rings. The molecule has 0 aliphatic heterocycles. The van der Waals surface area contributed by atoms with Crippen molar-refractivity contribution in [1.82, 2.24) is 10.3 Å². The minimum Gasteiger partial charge on any atom is -0.478 e. The maximum absolute atomic E-state index is 10.7. The number of nitrogens with one attached hydrogen (secondary N) is 1. The first-order valence-electron chi connectivity index (χ1n) is 6.07. The first-order valence-corrected chi connectivity index (χ1v) is 6.07. The molecule has 0 amide bonds. The standard InChI is InChI=1S/C13H20N2O3/c1-9(2)12(5-6-16)15-8-11-4-3-10(7-14-11)13(17)18/h3-4,7,9,12,15-16H,5-6,8H2,1-2H3,(H,17,18). The molecule has 5 nitrogen and oxygen atoms in total. The van der Waals surface area contributed by atoms with Gasteiger partial charge in [0.2, 0.25) is 0 Å². The van der Waals surface area contributed by atoms with Gasteiger partial charge < -0.3 is 15.5 Å². The molecule has 100 valence electrons. The second-order valence-electron chi connectivity index (χ2n) is 4.59. The quantitative estimate of drug-likeness (QED) is 0.681. The zero-order chi connectivity index (χ0) is 13.5. The van der Waals surface area contributed by atoms with Crippen LogP contribution in [0.5, 0.6) is 0 Å². The van der Waals surface area contributed by atoms with Gasteiger partial charge in [0.25, 0.3) is 0 Å². The third-order valence-electron chi connectivity index (χ3n) is 2.86. The third kappa shape index (κ3) is 4.43. The van der Waals surface area contributed by atoms with E-state index in [0.29, 0.717) is 18.9 Å². The Hall–Kier alpha value is -1.46. The van der Waals surface area contributed by atoms with Crippen LogP contribution in [0.1, 0.15) is 36.3 Å². The van der Waals surface area contributed by atoms with Crippen molar-refractivity contribution >= 4 is 5.97 Å². The topological polar surface area (TPSA) is 82.5 Å². The third-order valence-corrected chi connectivity index (χ3v) is 2.86. The van der Waals surface area contributed by atoms with Crippen LogP contribution in [-0.2, 0) is 6.54 Å². The van der Waals surface area contributed by atoms with E-state index in [1.807, 2.05) is 0 Å². The Kier molecular flexibility index (Phi) is 5.74. The molecule has 5 heteroatoms. The molecule has 1 unspecified atom stereocenters. The van der Waals surface area contributed by atoms with Crippen molar-refractivity contribution in [2.45, 2.75) is 32.9 Å². The summed E-state index contributed by atoms with van der Waals surface area (Å²) in [4.78, 5) is 14.8. The molecule has 0 aromatic carbocycles. The Bertz CT molecular complexity index is 376. The molecular weight excluding hydrogens is 232 g/mol. The molecule has 0 saturated heterocycles. The van der Waals surface area contributed by atoms with Crippen molar-refractivity contribution in [3.63, 3.8) is 0 Å². The summed E-state index contributed by atoms with van der Waals surface area (Å²) in [5.74, 6) is -0.544. The Morgan fingerprint density at radius 2 is 2.17 bits per heavy atom. The summed E-state index contributed by atoms with van der Waals surface area (Å²) >= 11 is 0. The number of aromatic carboxylic acids is 1. The lowest BCUT2D eigenvalue weighted by atomic mass is 10.0. The summed E-state index contributed by atoms with van der Waals surface area (Å²) < 4.78 is 0. The van der Waals surface area contributed by atoms with Gasteiger partial charge in [-0.3, -0.25) is 4.98 Å². The number of carbonyl (C=O) groups is 1. The van der Waals surface area contributed by atoms with Crippen molar-refractivity contribution in [1.29, 1.82) is 0 Å². The maximum Gasteiger partial charge on any atom is 0.337 e. The number of aromatic nitrogens is 1. The van der Waals surface area contributed by atoms with E-state index in [4.69, 9.17) is 10.2 Å². The van der Waals surface area contributed by atoms with E-state index >= 15 is 0 Å². The fraction of sp³-hybridized carbons (Fsp3) is 0.538. The van der Waals surface area contributed by atoms with Gasteiger partial charge in [0, 0.05) is 25.4 Å². The van der Waals surface area contributed by atoms with Gasteiger partial charge in [0.15, 0.2) is 0 Å². The summed E-state index contributed by atoms with van der Waals surface area (Å²) in [5.41, 5.74) is 0.984. The molecule has 0 radical (unpaired) electrons. The van der Waals surface area contributed by atoms with Crippen LogP contribution in [0.25, 0.3) is 0 Å². The van der Waals surface area contributed by atoms with Gasteiger partial charge in [-0.15, -0.1) is 0 Å². The molecule has 1 aromatic heterocycles. The monoisotopic (exact) mass is 252 g/mol. The van der Waals surface area contributed by atoms with Crippen LogP contribution in [0.2, 0.25) is 0 Å². The van der Waals surface area contributed by atoms with Crippen molar-refractivity contribution in [3.8, 4) is 0 Å². The number of hydrogen-bond donors (Lipinski definition) is 3. The van der Waals surface area contributed by atoms with Gasteiger partial charge in [-0.2, -0.15) is 0 Å². The molecule has 0 bridgehead atoms. The van der Waals surface area contributed by atoms with Crippen LogP contribution in [-0.4, -0.2) is 33.8 Å². The minimum atomic E-state index is -0.970. The summed E-state index contributed by atoms with van der Waals surface area (Å²) in [6.45, 7) is 4.91. The predicted molar refractivity (Wildman–Crippen MR) is 68.4 cm³/mol. The van der Waals surface area contributed by atoms with Gasteiger partial charge in [-0.05, 0) is 24.5 Å². The number of pyridine rings is 1. The van der Waals surface area contributed by atoms with Crippen LogP contribution in [0.4, 0.5) is 0 Å². The molecule has 18 heavy (non-hydrogen) atoms. The van der Waals surface area contributed by atoms with E-state index < -0.39 is 5.97 Å². The molecule has 0 fully saturated rings. The number of nitrogens with zero attached hydrogens (tertiary/aromatic N) is 1. The van der Waals surface area contributed by atoms with Gasteiger partial charge in [0.05, 0.1) is 11.3 Å². The molecule has 3 N–H and O–H groups in total. The average Bonchev–Trinajstić information content (AvgIpc) is 2.34. The van der Waals surface area contributed by atoms with E-state index in [-0.39, 0.29) is 18.2 Å². The summed E-state index contributed by atoms with van der Waals surface area (Å²) in [6.07, 6.45) is 2.06. The lowest BCUT2D eigenvalue weighted by Gasteiger charge is -2.21. The van der Waals surface area contributed by atoms with Crippen molar-refractivity contribution in [2.75, 3.05) is 6.61 Å². The number of aliphatic hydroxyl groups is 1. The number of rotatable bonds is 7. The second-order valence-corrected chi connectivity index (χ2v) is 4.59. The van der Waals surface area contributed by atoms with Crippen LogP contribution in [0.15, 0.2) is 18.3 Å². The zero-order valence-electron chi connectivity index (χ0n) is 10.8. The number of carboxylic acids is 1. The Balaban J connectivity index is 2.54. The Morgan fingerprint density at radius 1 is 1.44 bits per heavy atom. The first kappa shape index (κ1) is 14.6. The number of aliphatic hydroxyl groups excluding tert-OH is 1. The number of carboxylic acid groups (broad SMARTS) is 1. The largest absolute Gasteiger partial charge is 0.478 e. The minimum absolute atomic E-state index is 0.154.